The van der Waals surface area contributed by atoms with Gasteiger partial charge in [-0.2, -0.15) is 0 Å². The molecule has 4 atom stereocenters. The fraction of sp³-hybridized carbons (Fsp3) is 0.938. The number of carbonyl (C=O) groups excluding carboxylic acids is 1. The van der Waals surface area contributed by atoms with Crippen molar-refractivity contribution >= 4 is 5.91 Å². The van der Waals surface area contributed by atoms with Crippen LogP contribution in [-0.4, -0.2) is 49.1 Å². The Balaban J connectivity index is 1.44. The highest BCUT2D eigenvalue weighted by atomic mass is 16.2. The van der Waals surface area contributed by atoms with E-state index >= 15 is 0 Å². The van der Waals surface area contributed by atoms with Gasteiger partial charge in [0.05, 0.1) is 6.54 Å². The standard InChI is InChI=1S/C16H29N3O/c1-12-4-2-3-5-14(12)18-16(20)11-19-9-7-15-13(10-19)6-8-17-15/h12-15,17H,2-11H2,1H3,(H,18,20). The van der Waals surface area contributed by atoms with Crippen molar-refractivity contribution in [3.05, 3.63) is 0 Å². The van der Waals surface area contributed by atoms with Crippen molar-refractivity contribution in [2.24, 2.45) is 11.8 Å². The molecule has 20 heavy (non-hydrogen) atoms. The molecule has 4 nitrogen and oxygen atoms in total. The summed E-state index contributed by atoms with van der Waals surface area (Å²) < 4.78 is 0. The molecule has 0 radical (unpaired) electrons. The van der Waals surface area contributed by atoms with Crippen molar-refractivity contribution in [1.82, 2.24) is 15.5 Å². The summed E-state index contributed by atoms with van der Waals surface area (Å²) in [5.74, 6) is 1.66. The second-order valence-corrected chi connectivity index (χ2v) is 7.07. The van der Waals surface area contributed by atoms with Gasteiger partial charge in [-0.25, -0.2) is 0 Å². The van der Waals surface area contributed by atoms with Crippen LogP contribution in [0, 0.1) is 11.8 Å². The SMILES string of the molecule is CC1CCCCC1NC(=O)CN1CCC2NCCC2C1. The predicted octanol–water partition coefficient (Wildman–Crippen LogP) is 1.37. The molecule has 4 heteroatoms. The van der Waals surface area contributed by atoms with Gasteiger partial charge >= 0.3 is 0 Å². The second kappa shape index (κ2) is 6.44. The van der Waals surface area contributed by atoms with E-state index in [-0.39, 0.29) is 5.91 Å². The second-order valence-electron chi connectivity index (χ2n) is 7.07. The van der Waals surface area contributed by atoms with E-state index in [0.717, 1.165) is 25.6 Å². The summed E-state index contributed by atoms with van der Waals surface area (Å²) in [6.45, 7) is 6.22. The van der Waals surface area contributed by atoms with Gasteiger partial charge in [-0.05, 0) is 44.1 Å². The van der Waals surface area contributed by atoms with E-state index < -0.39 is 0 Å². The van der Waals surface area contributed by atoms with E-state index in [2.05, 4.69) is 22.5 Å². The summed E-state index contributed by atoms with van der Waals surface area (Å²) in [4.78, 5) is 14.6. The monoisotopic (exact) mass is 279 g/mol. The van der Waals surface area contributed by atoms with Crippen molar-refractivity contribution in [3.8, 4) is 0 Å². The van der Waals surface area contributed by atoms with Crippen molar-refractivity contribution in [2.75, 3.05) is 26.2 Å². The molecule has 2 saturated heterocycles. The average molecular weight is 279 g/mol. The molecule has 3 fully saturated rings. The Morgan fingerprint density at radius 3 is 2.95 bits per heavy atom. The molecule has 1 amide bonds. The molecule has 0 aromatic carbocycles. The summed E-state index contributed by atoms with van der Waals surface area (Å²) in [6.07, 6.45) is 7.52. The van der Waals surface area contributed by atoms with Crippen molar-refractivity contribution in [3.63, 3.8) is 0 Å². The lowest BCUT2D eigenvalue weighted by atomic mass is 9.86. The molecule has 114 valence electrons. The first-order valence-corrected chi connectivity index (χ1v) is 8.47. The highest BCUT2D eigenvalue weighted by Crippen LogP contribution is 2.25. The number of likely N-dealkylation sites (tertiary alicyclic amines) is 1. The summed E-state index contributed by atoms with van der Waals surface area (Å²) in [7, 11) is 0. The maximum absolute atomic E-state index is 12.2. The number of rotatable bonds is 3. The molecular formula is C16H29N3O. The van der Waals surface area contributed by atoms with Gasteiger partial charge in [0.15, 0.2) is 0 Å². The lowest BCUT2D eigenvalue weighted by molar-refractivity contribution is -0.124. The highest BCUT2D eigenvalue weighted by molar-refractivity contribution is 5.78. The Kier molecular flexibility index (Phi) is 4.61. The minimum absolute atomic E-state index is 0.244. The molecule has 3 aliphatic rings. The molecule has 0 spiro atoms. The fourth-order valence-corrected chi connectivity index (χ4v) is 4.25. The first-order valence-electron chi connectivity index (χ1n) is 8.47. The van der Waals surface area contributed by atoms with Crippen molar-refractivity contribution < 1.29 is 4.79 Å². The zero-order valence-corrected chi connectivity index (χ0v) is 12.7. The van der Waals surface area contributed by atoms with Gasteiger partial charge in [-0.1, -0.05) is 19.8 Å². The van der Waals surface area contributed by atoms with Crippen LogP contribution in [0.2, 0.25) is 0 Å². The number of nitrogens with zero attached hydrogens (tertiary/aromatic N) is 1. The molecule has 2 heterocycles. The van der Waals surface area contributed by atoms with Crippen LogP contribution in [0.25, 0.3) is 0 Å². The van der Waals surface area contributed by atoms with Crippen LogP contribution in [0.15, 0.2) is 0 Å². The molecule has 2 N–H and O–H groups in total. The van der Waals surface area contributed by atoms with E-state index in [1.165, 1.54) is 38.5 Å². The smallest absolute Gasteiger partial charge is 0.234 e. The van der Waals surface area contributed by atoms with E-state index in [9.17, 15) is 4.79 Å². The molecule has 1 aliphatic carbocycles. The third kappa shape index (κ3) is 3.34. The van der Waals surface area contributed by atoms with Gasteiger partial charge in [0, 0.05) is 25.2 Å². The molecule has 0 bridgehead atoms. The van der Waals surface area contributed by atoms with Crippen LogP contribution in [0.5, 0.6) is 0 Å². The Morgan fingerprint density at radius 2 is 2.10 bits per heavy atom. The number of hydrogen-bond acceptors (Lipinski definition) is 3. The Hall–Kier alpha value is -0.610. The van der Waals surface area contributed by atoms with E-state index in [0.29, 0.717) is 24.5 Å². The quantitative estimate of drug-likeness (QED) is 0.820. The first-order chi connectivity index (χ1) is 9.72. The normalized spacial score (nSPS) is 38.5. The lowest BCUT2D eigenvalue weighted by Crippen LogP contribution is -2.50. The highest BCUT2D eigenvalue weighted by Gasteiger charge is 2.33. The summed E-state index contributed by atoms with van der Waals surface area (Å²) in [5, 5.41) is 6.86. The Morgan fingerprint density at radius 1 is 1.25 bits per heavy atom. The predicted molar refractivity (Wildman–Crippen MR) is 80.5 cm³/mol. The Bertz CT molecular complexity index is 347. The number of nitrogens with one attached hydrogen (secondary N) is 2. The van der Waals surface area contributed by atoms with Crippen LogP contribution in [0.3, 0.4) is 0 Å². The minimum Gasteiger partial charge on any atom is -0.352 e. The summed E-state index contributed by atoms with van der Waals surface area (Å²) in [5.41, 5.74) is 0. The molecule has 1 saturated carbocycles. The zero-order valence-electron chi connectivity index (χ0n) is 12.7. The molecule has 2 aliphatic heterocycles. The maximum Gasteiger partial charge on any atom is 0.234 e. The summed E-state index contributed by atoms with van der Waals surface area (Å²) in [6, 6.07) is 1.13. The largest absolute Gasteiger partial charge is 0.352 e. The fourth-order valence-electron chi connectivity index (χ4n) is 4.25. The molecule has 3 rings (SSSR count). The van der Waals surface area contributed by atoms with Gasteiger partial charge in [0.25, 0.3) is 0 Å². The number of amides is 1. The number of fused-ring (bicyclic) bond motifs is 1. The topological polar surface area (TPSA) is 44.4 Å². The Labute approximate surface area is 122 Å². The van der Waals surface area contributed by atoms with Crippen LogP contribution < -0.4 is 10.6 Å². The van der Waals surface area contributed by atoms with E-state index in [1.54, 1.807) is 0 Å². The maximum atomic E-state index is 12.2. The van der Waals surface area contributed by atoms with Crippen LogP contribution in [-0.2, 0) is 4.79 Å². The number of hydrogen-bond donors (Lipinski definition) is 2. The van der Waals surface area contributed by atoms with Gasteiger partial charge in [-0.3, -0.25) is 9.69 Å². The van der Waals surface area contributed by atoms with Crippen LogP contribution in [0.1, 0.15) is 45.4 Å². The summed E-state index contributed by atoms with van der Waals surface area (Å²) >= 11 is 0. The minimum atomic E-state index is 0.244. The van der Waals surface area contributed by atoms with E-state index in [4.69, 9.17) is 0 Å². The van der Waals surface area contributed by atoms with Crippen LogP contribution >= 0.6 is 0 Å². The molecular weight excluding hydrogens is 250 g/mol. The lowest BCUT2D eigenvalue weighted by Gasteiger charge is -2.35. The van der Waals surface area contributed by atoms with Crippen molar-refractivity contribution in [2.45, 2.75) is 57.5 Å². The third-order valence-corrected chi connectivity index (χ3v) is 5.56. The molecule has 0 aromatic rings. The van der Waals surface area contributed by atoms with Gasteiger partial charge in [-0.15, -0.1) is 0 Å². The van der Waals surface area contributed by atoms with Gasteiger partial charge in [0.1, 0.15) is 0 Å². The van der Waals surface area contributed by atoms with Crippen LogP contribution in [0.4, 0.5) is 0 Å². The number of piperidine rings is 1. The first kappa shape index (κ1) is 14.3. The van der Waals surface area contributed by atoms with Gasteiger partial charge < -0.3 is 10.6 Å². The number of carbonyl (C=O) groups is 1. The molecule has 0 aromatic heterocycles. The van der Waals surface area contributed by atoms with Crippen molar-refractivity contribution in [1.29, 1.82) is 0 Å². The van der Waals surface area contributed by atoms with E-state index in [1.807, 2.05) is 0 Å². The third-order valence-electron chi connectivity index (χ3n) is 5.56. The van der Waals surface area contributed by atoms with Gasteiger partial charge in [0.2, 0.25) is 5.91 Å². The molecule has 4 unspecified atom stereocenters. The zero-order chi connectivity index (χ0) is 13.9. The average Bonchev–Trinajstić information content (AvgIpc) is 2.89.